The van der Waals surface area contributed by atoms with Crippen LogP contribution >= 0.6 is 11.3 Å². The van der Waals surface area contributed by atoms with E-state index in [1.165, 1.54) is 41.8 Å². The van der Waals surface area contributed by atoms with Crippen LogP contribution in [0.15, 0.2) is 65.0 Å². The summed E-state index contributed by atoms with van der Waals surface area (Å²) in [5.74, 6) is 0.754. The number of methoxy groups -OCH3 is 1. The summed E-state index contributed by atoms with van der Waals surface area (Å²) < 4.78 is 37.8. The van der Waals surface area contributed by atoms with Gasteiger partial charge in [0.2, 0.25) is 0 Å². The van der Waals surface area contributed by atoms with Crippen molar-refractivity contribution in [3.05, 3.63) is 60.1 Å². The van der Waals surface area contributed by atoms with Crippen molar-refractivity contribution in [2.75, 3.05) is 17.1 Å². The van der Waals surface area contributed by atoms with Crippen LogP contribution in [0.4, 0.5) is 10.8 Å². The molecule has 29 heavy (non-hydrogen) atoms. The SMILES string of the molecule is COc1cccc(O[C@@H](C)C(=O)Nc2ccc(S(=O)(=O)Nc3nccs3)cc2)c1. The van der Waals surface area contributed by atoms with Gasteiger partial charge in [-0.2, -0.15) is 0 Å². The Morgan fingerprint density at radius 1 is 1.14 bits per heavy atom. The number of carbonyl (C=O) groups excluding carboxylic acids is 1. The summed E-state index contributed by atoms with van der Waals surface area (Å²) in [6, 6.07) is 12.8. The van der Waals surface area contributed by atoms with Gasteiger partial charge in [0.05, 0.1) is 12.0 Å². The Morgan fingerprint density at radius 3 is 2.52 bits per heavy atom. The molecule has 10 heteroatoms. The van der Waals surface area contributed by atoms with E-state index in [1.54, 1.807) is 43.7 Å². The van der Waals surface area contributed by atoms with Crippen molar-refractivity contribution in [1.82, 2.24) is 4.98 Å². The zero-order valence-electron chi connectivity index (χ0n) is 15.7. The maximum atomic E-state index is 12.4. The molecule has 3 aromatic rings. The largest absolute Gasteiger partial charge is 0.497 e. The number of thiazole rings is 1. The first-order valence-corrected chi connectivity index (χ1v) is 10.9. The zero-order valence-corrected chi connectivity index (χ0v) is 17.3. The summed E-state index contributed by atoms with van der Waals surface area (Å²) in [6.45, 7) is 1.62. The van der Waals surface area contributed by atoms with Gasteiger partial charge in [-0.1, -0.05) is 6.07 Å². The molecule has 1 aromatic heterocycles. The van der Waals surface area contributed by atoms with Crippen LogP contribution in [0, 0.1) is 0 Å². The molecule has 152 valence electrons. The standard InChI is InChI=1S/C19H19N3O5S2/c1-13(27-16-5-3-4-15(12-16)26-2)18(23)21-14-6-8-17(9-7-14)29(24,25)22-19-20-10-11-28-19/h3-13H,1-2H3,(H,20,22)(H,21,23)/t13-/m0/s1. The molecule has 0 radical (unpaired) electrons. The molecule has 3 rings (SSSR count). The third-order valence-corrected chi connectivity index (χ3v) is 5.98. The van der Waals surface area contributed by atoms with Gasteiger partial charge >= 0.3 is 0 Å². The van der Waals surface area contributed by atoms with Crippen LogP contribution in [0.3, 0.4) is 0 Å². The van der Waals surface area contributed by atoms with Gasteiger partial charge < -0.3 is 14.8 Å². The lowest BCUT2D eigenvalue weighted by Crippen LogP contribution is -2.30. The van der Waals surface area contributed by atoms with Gasteiger partial charge in [-0.05, 0) is 43.3 Å². The highest BCUT2D eigenvalue weighted by Crippen LogP contribution is 2.21. The van der Waals surface area contributed by atoms with Crippen molar-refractivity contribution in [3.63, 3.8) is 0 Å². The van der Waals surface area contributed by atoms with Gasteiger partial charge in [-0.15, -0.1) is 11.3 Å². The zero-order chi connectivity index (χ0) is 20.9. The fourth-order valence-electron chi connectivity index (χ4n) is 2.34. The summed E-state index contributed by atoms with van der Waals surface area (Å²) in [4.78, 5) is 16.3. The molecule has 0 aliphatic heterocycles. The molecule has 1 amide bonds. The Balaban J connectivity index is 1.61. The second-order valence-electron chi connectivity index (χ2n) is 5.90. The number of ether oxygens (including phenoxy) is 2. The highest BCUT2D eigenvalue weighted by Gasteiger charge is 2.18. The molecule has 8 nitrogen and oxygen atoms in total. The highest BCUT2D eigenvalue weighted by atomic mass is 32.2. The van der Waals surface area contributed by atoms with Crippen LogP contribution in [0.1, 0.15) is 6.92 Å². The molecule has 2 aromatic carbocycles. The van der Waals surface area contributed by atoms with Crippen LogP contribution < -0.4 is 19.5 Å². The number of hydrogen-bond acceptors (Lipinski definition) is 7. The second kappa shape index (κ2) is 8.93. The van der Waals surface area contributed by atoms with Gasteiger partial charge in [0.25, 0.3) is 15.9 Å². The van der Waals surface area contributed by atoms with Crippen molar-refractivity contribution in [1.29, 1.82) is 0 Å². The Kier molecular flexibility index (Phi) is 6.35. The number of amides is 1. The number of nitrogens with zero attached hydrogens (tertiary/aromatic N) is 1. The number of carbonyl (C=O) groups is 1. The minimum atomic E-state index is -3.74. The van der Waals surface area contributed by atoms with E-state index in [9.17, 15) is 13.2 Å². The molecular formula is C19H19N3O5S2. The molecule has 1 atom stereocenters. The number of benzene rings is 2. The third kappa shape index (κ3) is 5.46. The molecule has 2 N–H and O–H groups in total. The summed E-state index contributed by atoms with van der Waals surface area (Å²) in [6.07, 6.45) is 0.743. The molecule has 0 fully saturated rings. The van der Waals surface area contributed by atoms with Crippen molar-refractivity contribution < 1.29 is 22.7 Å². The second-order valence-corrected chi connectivity index (χ2v) is 8.47. The van der Waals surface area contributed by atoms with E-state index in [-0.39, 0.29) is 15.9 Å². The van der Waals surface area contributed by atoms with E-state index < -0.39 is 16.1 Å². The Morgan fingerprint density at radius 2 is 1.86 bits per heavy atom. The van der Waals surface area contributed by atoms with Gasteiger partial charge in [-0.3, -0.25) is 9.52 Å². The maximum absolute atomic E-state index is 12.4. The number of sulfonamides is 1. The molecule has 0 bridgehead atoms. The minimum Gasteiger partial charge on any atom is -0.497 e. The van der Waals surface area contributed by atoms with E-state index in [0.717, 1.165) is 0 Å². The highest BCUT2D eigenvalue weighted by molar-refractivity contribution is 7.93. The Hall–Kier alpha value is -3.11. The van der Waals surface area contributed by atoms with Gasteiger partial charge in [0.15, 0.2) is 11.2 Å². The summed E-state index contributed by atoms with van der Waals surface area (Å²) in [5, 5.41) is 4.65. The lowest BCUT2D eigenvalue weighted by Gasteiger charge is -2.15. The fraction of sp³-hybridized carbons (Fsp3) is 0.158. The van der Waals surface area contributed by atoms with Crippen molar-refractivity contribution >= 4 is 38.1 Å². The van der Waals surface area contributed by atoms with Crippen LogP contribution in [-0.2, 0) is 14.8 Å². The smallest absolute Gasteiger partial charge is 0.265 e. The van der Waals surface area contributed by atoms with E-state index in [2.05, 4.69) is 15.0 Å². The molecule has 0 spiro atoms. The first-order chi connectivity index (χ1) is 13.9. The average Bonchev–Trinajstić information content (AvgIpc) is 3.20. The topological polar surface area (TPSA) is 107 Å². The predicted octanol–water partition coefficient (Wildman–Crippen LogP) is 3.36. The Labute approximate surface area is 172 Å². The summed E-state index contributed by atoms with van der Waals surface area (Å²) in [5.41, 5.74) is 0.448. The lowest BCUT2D eigenvalue weighted by molar-refractivity contribution is -0.122. The van der Waals surface area contributed by atoms with Gasteiger partial charge in [0.1, 0.15) is 11.5 Å². The number of anilines is 2. The summed E-state index contributed by atoms with van der Waals surface area (Å²) in [7, 11) is -2.20. The normalized spacial score (nSPS) is 12.1. The monoisotopic (exact) mass is 433 g/mol. The number of aromatic nitrogens is 1. The molecule has 0 saturated carbocycles. The summed E-state index contributed by atoms with van der Waals surface area (Å²) >= 11 is 1.18. The number of hydrogen-bond donors (Lipinski definition) is 2. The third-order valence-electron chi connectivity index (χ3n) is 3.81. The fourth-order valence-corrected chi connectivity index (χ4v) is 4.13. The van der Waals surface area contributed by atoms with Crippen molar-refractivity contribution in [2.24, 2.45) is 0 Å². The van der Waals surface area contributed by atoms with E-state index in [1.807, 2.05) is 0 Å². The molecular weight excluding hydrogens is 414 g/mol. The minimum absolute atomic E-state index is 0.0615. The molecule has 1 heterocycles. The average molecular weight is 434 g/mol. The molecule has 0 saturated heterocycles. The van der Waals surface area contributed by atoms with Crippen LogP contribution in [0.2, 0.25) is 0 Å². The lowest BCUT2D eigenvalue weighted by atomic mass is 10.3. The van der Waals surface area contributed by atoms with Gasteiger partial charge in [-0.25, -0.2) is 13.4 Å². The molecule has 0 aliphatic carbocycles. The maximum Gasteiger partial charge on any atom is 0.265 e. The van der Waals surface area contributed by atoms with Crippen molar-refractivity contribution in [2.45, 2.75) is 17.9 Å². The molecule has 0 aliphatic rings. The first kappa shape index (κ1) is 20.6. The molecule has 0 unspecified atom stereocenters. The van der Waals surface area contributed by atoms with Crippen LogP contribution in [0.25, 0.3) is 0 Å². The van der Waals surface area contributed by atoms with E-state index in [4.69, 9.17) is 9.47 Å². The van der Waals surface area contributed by atoms with Crippen LogP contribution in [-0.4, -0.2) is 32.5 Å². The van der Waals surface area contributed by atoms with E-state index in [0.29, 0.717) is 17.2 Å². The van der Waals surface area contributed by atoms with Gasteiger partial charge in [0, 0.05) is 23.3 Å². The number of rotatable bonds is 8. The quantitative estimate of drug-likeness (QED) is 0.564. The van der Waals surface area contributed by atoms with Crippen molar-refractivity contribution in [3.8, 4) is 11.5 Å². The number of nitrogens with one attached hydrogen (secondary N) is 2. The Bertz CT molecular complexity index is 1070. The first-order valence-electron chi connectivity index (χ1n) is 8.51. The predicted molar refractivity (Wildman–Crippen MR) is 111 cm³/mol. The van der Waals surface area contributed by atoms with Crippen LogP contribution in [0.5, 0.6) is 11.5 Å². The van der Waals surface area contributed by atoms with E-state index >= 15 is 0 Å².